The van der Waals surface area contributed by atoms with Crippen LogP contribution in [-0.4, -0.2) is 41.8 Å². The molecule has 2 heterocycles. The third-order valence-electron chi connectivity index (χ3n) is 2.45. The SMILES string of the molecule is COCCn1c(-c2ccc([N+](=O)[O-])o2)nnc1S(=O)(=O)Cl. The summed E-state index contributed by atoms with van der Waals surface area (Å²) in [5, 5.41) is 17.2. The van der Waals surface area contributed by atoms with Gasteiger partial charge in [-0.15, -0.1) is 10.2 Å². The van der Waals surface area contributed by atoms with Crippen molar-refractivity contribution in [2.75, 3.05) is 13.7 Å². The highest BCUT2D eigenvalue weighted by Gasteiger charge is 2.25. The molecule has 0 aliphatic carbocycles. The molecule has 0 N–H and O–H groups in total. The van der Waals surface area contributed by atoms with E-state index in [1.807, 2.05) is 0 Å². The van der Waals surface area contributed by atoms with Gasteiger partial charge in [-0.2, -0.15) is 0 Å². The summed E-state index contributed by atoms with van der Waals surface area (Å²) in [6.07, 6.45) is 0. The van der Waals surface area contributed by atoms with E-state index >= 15 is 0 Å². The second-order valence-electron chi connectivity index (χ2n) is 3.78. The molecule has 12 heteroatoms. The average molecular weight is 337 g/mol. The lowest BCUT2D eigenvalue weighted by molar-refractivity contribution is -0.401. The molecule has 0 aliphatic heterocycles. The molecule has 21 heavy (non-hydrogen) atoms. The molecule has 0 fully saturated rings. The first-order valence-corrected chi connectivity index (χ1v) is 7.77. The third-order valence-corrected chi connectivity index (χ3v) is 3.60. The zero-order chi connectivity index (χ0) is 15.6. The summed E-state index contributed by atoms with van der Waals surface area (Å²) in [5.74, 6) is -0.502. The molecule has 0 aliphatic rings. The van der Waals surface area contributed by atoms with Gasteiger partial charge in [0.25, 0.3) is 14.2 Å². The third kappa shape index (κ3) is 3.20. The maximum atomic E-state index is 11.4. The summed E-state index contributed by atoms with van der Waals surface area (Å²) in [4.78, 5) is 9.88. The van der Waals surface area contributed by atoms with Crippen molar-refractivity contribution in [1.82, 2.24) is 14.8 Å². The molecular weight excluding hydrogens is 328 g/mol. The predicted molar refractivity (Wildman–Crippen MR) is 69.3 cm³/mol. The van der Waals surface area contributed by atoms with E-state index in [1.54, 1.807) is 0 Å². The number of nitro groups is 1. The van der Waals surface area contributed by atoms with E-state index in [0.29, 0.717) is 0 Å². The fourth-order valence-corrected chi connectivity index (χ4v) is 2.50. The minimum atomic E-state index is -4.13. The normalized spacial score (nSPS) is 11.7. The Labute approximate surface area is 122 Å². The van der Waals surface area contributed by atoms with E-state index in [-0.39, 0.29) is 24.7 Å². The molecule has 114 valence electrons. The predicted octanol–water partition coefficient (Wildman–Crippen LogP) is 1.02. The van der Waals surface area contributed by atoms with Crippen molar-refractivity contribution in [2.45, 2.75) is 11.7 Å². The molecule has 0 spiro atoms. The van der Waals surface area contributed by atoms with Gasteiger partial charge in [-0.25, -0.2) is 8.42 Å². The molecule has 0 saturated heterocycles. The Morgan fingerprint density at radius 3 is 2.71 bits per heavy atom. The molecule has 0 amide bonds. The van der Waals surface area contributed by atoms with Crippen LogP contribution in [0, 0.1) is 10.1 Å². The van der Waals surface area contributed by atoms with Gasteiger partial charge in [0, 0.05) is 17.8 Å². The Morgan fingerprint density at radius 1 is 1.48 bits per heavy atom. The van der Waals surface area contributed by atoms with Crippen molar-refractivity contribution >= 4 is 25.6 Å². The summed E-state index contributed by atoms with van der Waals surface area (Å²) in [5.41, 5.74) is 0. The van der Waals surface area contributed by atoms with Gasteiger partial charge in [-0.3, -0.25) is 14.7 Å². The van der Waals surface area contributed by atoms with Crippen LogP contribution in [0.25, 0.3) is 11.6 Å². The minimum Gasteiger partial charge on any atom is -0.397 e. The van der Waals surface area contributed by atoms with Crippen LogP contribution in [-0.2, 0) is 20.3 Å². The van der Waals surface area contributed by atoms with Crippen molar-refractivity contribution < 1.29 is 22.5 Å². The molecule has 0 atom stereocenters. The van der Waals surface area contributed by atoms with Gasteiger partial charge < -0.3 is 9.15 Å². The standard InChI is InChI=1S/C9H9ClN4O6S/c1-19-5-4-13-8(11-12-9(13)21(10,17)18)6-2-3-7(20-6)14(15)16/h2-3H,4-5H2,1H3. The quantitative estimate of drug-likeness (QED) is 0.434. The van der Waals surface area contributed by atoms with E-state index in [0.717, 1.165) is 10.6 Å². The van der Waals surface area contributed by atoms with E-state index in [2.05, 4.69) is 10.2 Å². The second-order valence-corrected chi connectivity index (χ2v) is 6.24. The molecule has 2 aromatic rings. The molecule has 2 rings (SSSR count). The highest BCUT2D eigenvalue weighted by molar-refractivity contribution is 8.13. The lowest BCUT2D eigenvalue weighted by Crippen LogP contribution is -2.11. The summed E-state index contributed by atoms with van der Waals surface area (Å²) in [6.45, 7) is 0.238. The van der Waals surface area contributed by atoms with Crippen LogP contribution < -0.4 is 0 Å². The van der Waals surface area contributed by atoms with Gasteiger partial charge >= 0.3 is 5.88 Å². The highest BCUT2D eigenvalue weighted by Crippen LogP contribution is 2.27. The van der Waals surface area contributed by atoms with Crippen LogP contribution in [0.5, 0.6) is 0 Å². The van der Waals surface area contributed by atoms with E-state index in [4.69, 9.17) is 19.8 Å². The largest absolute Gasteiger partial charge is 0.433 e. The molecule has 0 radical (unpaired) electrons. The molecule has 0 bridgehead atoms. The number of hydrogen-bond acceptors (Lipinski definition) is 8. The number of hydrogen-bond donors (Lipinski definition) is 0. The van der Waals surface area contributed by atoms with Crippen LogP contribution >= 0.6 is 10.7 Å². The van der Waals surface area contributed by atoms with E-state index in [1.165, 1.54) is 13.2 Å². The van der Waals surface area contributed by atoms with Gasteiger partial charge in [0.15, 0.2) is 5.76 Å². The first-order chi connectivity index (χ1) is 9.84. The van der Waals surface area contributed by atoms with Gasteiger partial charge in [-0.1, -0.05) is 0 Å². The topological polar surface area (TPSA) is 130 Å². The summed E-state index contributed by atoms with van der Waals surface area (Å²) < 4.78 is 33.9. The number of nitrogens with zero attached hydrogens (tertiary/aromatic N) is 4. The zero-order valence-corrected chi connectivity index (χ0v) is 12.2. The molecule has 10 nitrogen and oxygen atoms in total. The smallest absolute Gasteiger partial charge is 0.397 e. The van der Waals surface area contributed by atoms with Crippen molar-refractivity contribution in [3.63, 3.8) is 0 Å². The second kappa shape index (κ2) is 5.79. The van der Waals surface area contributed by atoms with Crippen LogP contribution in [0.4, 0.5) is 5.88 Å². The number of halogens is 1. The zero-order valence-electron chi connectivity index (χ0n) is 10.6. The fraction of sp³-hybridized carbons (Fsp3) is 0.333. The summed E-state index contributed by atoms with van der Waals surface area (Å²) >= 11 is 0. The lowest BCUT2D eigenvalue weighted by atomic mass is 10.4. The van der Waals surface area contributed by atoms with Crippen molar-refractivity contribution in [3.05, 3.63) is 22.2 Å². The van der Waals surface area contributed by atoms with Crippen molar-refractivity contribution in [1.29, 1.82) is 0 Å². The number of ether oxygens (including phenoxy) is 1. The van der Waals surface area contributed by atoms with Gasteiger partial charge in [-0.05, 0) is 6.07 Å². The van der Waals surface area contributed by atoms with E-state index < -0.39 is 25.0 Å². The fourth-order valence-electron chi connectivity index (χ4n) is 1.58. The first-order valence-electron chi connectivity index (χ1n) is 5.46. The van der Waals surface area contributed by atoms with Crippen molar-refractivity contribution in [2.24, 2.45) is 0 Å². The Morgan fingerprint density at radius 2 is 2.19 bits per heavy atom. The Kier molecular flexibility index (Phi) is 4.25. The monoisotopic (exact) mass is 336 g/mol. The van der Waals surface area contributed by atoms with Gasteiger partial charge in [0.05, 0.1) is 19.2 Å². The Hall–Kier alpha value is -1.98. The Balaban J connectivity index is 2.52. The Bertz CT molecular complexity index is 767. The minimum absolute atomic E-state index is 0.000579. The van der Waals surface area contributed by atoms with Crippen LogP contribution in [0.1, 0.15) is 0 Å². The lowest BCUT2D eigenvalue weighted by Gasteiger charge is -2.06. The van der Waals surface area contributed by atoms with Gasteiger partial charge in [0.2, 0.25) is 5.82 Å². The van der Waals surface area contributed by atoms with Crippen LogP contribution in [0.15, 0.2) is 21.7 Å². The molecule has 0 unspecified atom stereocenters. The average Bonchev–Trinajstić information content (AvgIpc) is 3.01. The maximum absolute atomic E-state index is 11.4. The first kappa shape index (κ1) is 15.4. The number of aromatic nitrogens is 3. The summed E-state index contributed by atoms with van der Waals surface area (Å²) in [7, 11) is 2.57. The molecule has 0 saturated carbocycles. The van der Waals surface area contributed by atoms with Crippen molar-refractivity contribution in [3.8, 4) is 11.6 Å². The highest BCUT2D eigenvalue weighted by atomic mass is 35.7. The van der Waals surface area contributed by atoms with Crippen LogP contribution in [0.3, 0.4) is 0 Å². The maximum Gasteiger partial charge on any atom is 0.433 e. The number of methoxy groups -OCH3 is 1. The van der Waals surface area contributed by atoms with Gasteiger partial charge in [0.1, 0.15) is 4.92 Å². The summed E-state index contributed by atoms with van der Waals surface area (Å²) in [6, 6.07) is 2.41. The van der Waals surface area contributed by atoms with Crippen LogP contribution in [0.2, 0.25) is 0 Å². The molecular formula is C9H9ClN4O6S. The molecule has 0 aromatic carbocycles. The molecule has 2 aromatic heterocycles. The van der Waals surface area contributed by atoms with E-state index in [9.17, 15) is 18.5 Å². The number of rotatable bonds is 6. The number of furan rings is 1.